The highest BCUT2D eigenvalue weighted by molar-refractivity contribution is 4.81. The molecule has 3 nitrogen and oxygen atoms in total. The minimum atomic E-state index is 0.354. The fourth-order valence-corrected chi connectivity index (χ4v) is 9.00. The van der Waals surface area contributed by atoms with E-state index in [-0.39, 0.29) is 0 Å². The second-order valence-electron chi connectivity index (χ2n) is 18.2. The number of ether oxygens (including phenoxy) is 2. The second kappa shape index (κ2) is 44.0. The lowest BCUT2D eigenvalue weighted by molar-refractivity contribution is -0.0613. The van der Waals surface area contributed by atoms with E-state index in [1.165, 1.54) is 257 Å². The molecule has 0 radical (unpaired) electrons. The summed E-state index contributed by atoms with van der Waals surface area (Å²) in [4.78, 5) is 0. The molecule has 0 saturated heterocycles. The molecule has 324 valence electrons. The summed E-state index contributed by atoms with van der Waals surface area (Å²) in [6.45, 7) is 7.24. The third-order valence-electron chi connectivity index (χ3n) is 12.8. The molecular formula is C51H103NO2. The maximum Gasteiger partial charge on any atom is 0.0603 e. The highest BCUT2D eigenvalue weighted by Crippen LogP contribution is 2.29. The van der Waals surface area contributed by atoms with Crippen molar-refractivity contribution in [3.63, 3.8) is 0 Å². The van der Waals surface area contributed by atoms with Gasteiger partial charge < -0.3 is 15.2 Å². The zero-order chi connectivity index (χ0) is 38.7. The van der Waals surface area contributed by atoms with Crippen molar-refractivity contribution in [2.75, 3.05) is 19.8 Å². The molecule has 0 aromatic heterocycles. The zero-order valence-electron chi connectivity index (χ0n) is 37.7. The Kier molecular flexibility index (Phi) is 42.3. The first-order valence-corrected chi connectivity index (χ1v) is 25.7. The highest BCUT2D eigenvalue weighted by Gasteiger charge is 2.29. The van der Waals surface area contributed by atoms with Crippen LogP contribution in [-0.2, 0) is 9.47 Å². The third kappa shape index (κ3) is 37.5. The number of nitrogens with two attached hydrogens (primary N) is 1. The Balaban J connectivity index is 1.83. The topological polar surface area (TPSA) is 44.5 Å². The molecule has 0 aromatic carbocycles. The monoisotopic (exact) mass is 762 g/mol. The van der Waals surface area contributed by atoms with Crippen molar-refractivity contribution >= 4 is 0 Å². The minimum Gasteiger partial charge on any atom is -0.378 e. The molecule has 0 spiro atoms. The van der Waals surface area contributed by atoms with Gasteiger partial charge in [-0.3, -0.25) is 0 Å². The van der Waals surface area contributed by atoms with E-state index in [0.29, 0.717) is 18.1 Å². The first kappa shape index (κ1) is 51.9. The summed E-state index contributed by atoms with van der Waals surface area (Å²) in [5, 5.41) is 0. The van der Waals surface area contributed by atoms with E-state index in [9.17, 15) is 0 Å². The van der Waals surface area contributed by atoms with Crippen LogP contribution in [0.1, 0.15) is 290 Å². The van der Waals surface area contributed by atoms with E-state index >= 15 is 0 Å². The van der Waals surface area contributed by atoms with Crippen molar-refractivity contribution in [2.45, 2.75) is 302 Å². The molecule has 1 aliphatic rings. The van der Waals surface area contributed by atoms with Crippen LogP contribution in [0, 0.1) is 5.92 Å². The molecule has 0 amide bonds. The third-order valence-corrected chi connectivity index (χ3v) is 12.8. The fourth-order valence-electron chi connectivity index (χ4n) is 9.00. The van der Waals surface area contributed by atoms with Gasteiger partial charge in [0.25, 0.3) is 0 Å². The standard InChI is InChI=1S/C51H103NO2/c1-3-5-7-9-11-13-15-17-19-21-23-25-27-29-31-33-35-37-39-41-43-53-50-45-49(48-52)46-51(47-50)54-44-42-40-38-36-34-32-30-28-26-24-22-20-18-16-14-12-10-8-6-4-2/h49-51H,3-48,52H2,1-2H3. The van der Waals surface area contributed by atoms with Crippen LogP contribution < -0.4 is 5.73 Å². The van der Waals surface area contributed by atoms with Crippen LogP contribution >= 0.6 is 0 Å². The maximum atomic E-state index is 6.40. The average Bonchev–Trinajstić information content (AvgIpc) is 3.19. The average molecular weight is 762 g/mol. The van der Waals surface area contributed by atoms with Crippen LogP contribution in [0.4, 0.5) is 0 Å². The molecule has 1 saturated carbocycles. The Hall–Kier alpha value is -0.120. The Morgan fingerprint density at radius 2 is 0.500 bits per heavy atom. The molecule has 2 unspecified atom stereocenters. The maximum absolute atomic E-state index is 6.40. The van der Waals surface area contributed by atoms with Gasteiger partial charge in [-0.25, -0.2) is 0 Å². The van der Waals surface area contributed by atoms with Crippen LogP contribution in [-0.4, -0.2) is 32.0 Å². The summed E-state index contributed by atoms with van der Waals surface area (Å²) in [7, 11) is 0. The fraction of sp³-hybridized carbons (Fsp3) is 1.00. The first-order chi connectivity index (χ1) is 26.8. The Morgan fingerprint density at radius 3 is 0.704 bits per heavy atom. The lowest BCUT2D eigenvalue weighted by Gasteiger charge is -2.34. The predicted octanol–water partition coefficient (Wildman–Crippen LogP) is 17.2. The summed E-state index contributed by atoms with van der Waals surface area (Å²) in [6.07, 6.45) is 61.3. The summed E-state index contributed by atoms with van der Waals surface area (Å²) in [5.41, 5.74) is 6.14. The number of hydrogen-bond acceptors (Lipinski definition) is 3. The van der Waals surface area contributed by atoms with Crippen molar-refractivity contribution in [1.29, 1.82) is 0 Å². The molecule has 2 atom stereocenters. The van der Waals surface area contributed by atoms with E-state index < -0.39 is 0 Å². The van der Waals surface area contributed by atoms with Gasteiger partial charge in [0.15, 0.2) is 0 Å². The first-order valence-electron chi connectivity index (χ1n) is 25.7. The minimum absolute atomic E-state index is 0.354. The molecular weight excluding hydrogens is 659 g/mol. The molecule has 1 aliphatic carbocycles. The van der Waals surface area contributed by atoms with Crippen molar-refractivity contribution in [3.8, 4) is 0 Å². The second-order valence-corrected chi connectivity index (χ2v) is 18.2. The molecule has 1 rings (SSSR count). The van der Waals surface area contributed by atoms with Gasteiger partial charge in [-0.1, -0.05) is 258 Å². The predicted molar refractivity (Wildman–Crippen MR) is 242 cm³/mol. The van der Waals surface area contributed by atoms with Gasteiger partial charge >= 0.3 is 0 Å². The summed E-state index contributed by atoms with van der Waals surface area (Å²) in [6, 6.07) is 0. The van der Waals surface area contributed by atoms with Crippen LogP contribution in [0.5, 0.6) is 0 Å². The van der Waals surface area contributed by atoms with Gasteiger partial charge in [0, 0.05) is 13.2 Å². The quantitative estimate of drug-likeness (QED) is 0.0629. The summed E-state index contributed by atoms with van der Waals surface area (Å²) in [5.74, 6) is 0.568. The van der Waals surface area contributed by atoms with E-state index in [1.807, 2.05) is 0 Å². The molecule has 0 aromatic rings. The Bertz CT molecular complexity index is 630. The van der Waals surface area contributed by atoms with Crippen molar-refractivity contribution < 1.29 is 9.47 Å². The lowest BCUT2D eigenvalue weighted by Crippen LogP contribution is -2.36. The van der Waals surface area contributed by atoms with E-state index in [2.05, 4.69) is 13.8 Å². The van der Waals surface area contributed by atoms with Gasteiger partial charge in [0.2, 0.25) is 0 Å². The van der Waals surface area contributed by atoms with Gasteiger partial charge in [-0.05, 0) is 44.6 Å². The lowest BCUT2D eigenvalue weighted by atomic mass is 9.85. The largest absolute Gasteiger partial charge is 0.378 e. The smallest absolute Gasteiger partial charge is 0.0603 e. The molecule has 0 bridgehead atoms. The molecule has 2 N–H and O–H groups in total. The van der Waals surface area contributed by atoms with Crippen molar-refractivity contribution in [3.05, 3.63) is 0 Å². The highest BCUT2D eigenvalue weighted by atomic mass is 16.5. The summed E-state index contributed by atoms with van der Waals surface area (Å²) < 4.78 is 12.8. The van der Waals surface area contributed by atoms with Gasteiger partial charge in [-0.2, -0.15) is 0 Å². The zero-order valence-corrected chi connectivity index (χ0v) is 37.7. The Morgan fingerprint density at radius 1 is 0.296 bits per heavy atom. The molecule has 1 fully saturated rings. The van der Waals surface area contributed by atoms with E-state index in [4.69, 9.17) is 15.2 Å². The number of unbranched alkanes of at least 4 members (excludes halogenated alkanes) is 38. The van der Waals surface area contributed by atoms with Crippen LogP contribution in [0.2, 0.25) is 0 Å². The van der Waals surface area contributed by atoms with Crippen LogP contribution in [0.3, 0.4) is 0 Å². The molecule has 3 heteroatoms. The van der Waals surface area contributed by atoms with E-state index in [0.717, 1.165) is 39.0 Å². The number of hydrogen-bond donors (Lipinski definition) is 1. The van der Waals surface area contributed by atoms with Gasteiger partial charge in [0.1, 0.15) is 0 Å². The van der Waals surface area contributed by atoms with E-state index in [1.54, 1.807) is 0 Å². The van der Waals surface area contributed by atoms with Gasteiger partial charge in [-0.15, -0.1) is 0 Å². The SMILES string of the molecule is CCCCCCCCCCCCCCCCCCCCCCOC1CC(CN)CC(OCCCCCCCCCCCCCCCCCCCCCC)C1. The van der Waals surface area contributed by atoms with Gasteiger partial charge in [0.05, 0.1) is 12.2 Å². The van der Waals surface area contributed by atoms with Crippen molar-refractivity contribution in [2.24, 2.45) is 11.7 Å². The molecule has 0 heterocycles. The van der Waals surface area contributed by atoms with Crippen LogP contribution in [0.25, 0.3) is 0 Å². The number of rotatable bonds is 45. The van der Waals surface area contributed by atoms with Crippen molar-refractivity contribution in [1.82, 2.24) is 0 Å². The van der Waals surface area contributed by atoms with Crippen LogP contribution in [0.15, 0.2) is 0 Å². The summed E-state index contributed by atoms with van der Waals surface area (Å²) >= 11 is 0. The normalized spacial score (nSPS) is 17.5. The Labute approximate surface area is 342 Å². The molecule has 54 heavy (non-hydrogen) atoms. The molecule has 0 aliphatic heterocycles.